The number of nitrogens with two attached hydrogens (primary N) is 1. The second-order valence-corrected chi connectivity index (χ2v) is 5.16. The number of carbonyl (C=O) groups is 2. The van der Waals surface area contributed by atoms with Gasteiger partial charge in [0, 0.05) is 31.6 Å². The van der Waals surface area contributed by atoms with Crippen molar-refractivity contribution in [1.29, 1.82) is 0 Å². The molecule has 0 aliphatic carbocycles. The molecule has 0 aromatic rings. The van der Waals surface area contributed by atoms with Crippen LogP contribution in [0, 0.1) is 5.92 Å². The van der Waals surface area contributed by atoms with Crippen LogP contribution in [0.1, 0.15) is 26.7 Å². The van der Waals surface area contributed by atoms with Crippen molar-refractivity contribution in [2.24, 2.45) is 11.7 Å². The fourth-order valence-corrected chi connectivity index (χ4v) is 2.13. The van der Waals surface area contributed by atoms with Gasteiger partial charge in [0.2, 0.25) is 11.8 Å². The zero-order chi connectivity index (χ0) is 14.3. The summed E-state index contributed by atoms with van der Waals surface area (Å²) in [7, 11) is 0. The van der Waals surface area contributed by atoms with E-state index in [2.05, 4.69) is 5.32 Å². The van der Waals surface area contributed by atoms with E-state index in [0.717, 1.165) is 12.8 Å². The fourth-order valence-electron chi connectivity index (χ4n) is 2.13. The molecule has 1 heterocycles. The van der Waals surface area contributed by atoms with Crippen molar-refractivity contribution in [3.63, 3.8) is 0 Å². The smallest absolute Gasteiger partial charge is 0.246 e. The molecule has 0 bridgehead atoms. The van der Waals surface area contributed by atoms with E-state index < -0.39 is 0 Å². The number of hydrogen-bond donors (Lipinski definition) is 2. The third-order valence-electron chi connectivity index (χ3n) is 3.16. The van der Waals surface area contributed by atoms with Crippen molar-refractivity contribution in [1.82, 2.24) is 10.2 Å². The maximum Gasteiger partial charge on any atom is 0.246 e. The Kier molecular flexibility index (Phi) is 6.80. The Hall–Kier alpha value is -1.14. The molecule has 19 heavy (non-hydrogen) atoms. The van der Waals surface area contributed by atoms with E-state index in [0.29, 0.717) is 26.2 Å². The molecule has 1 aliphatic rings. The van der Waals surface area contributed by atoms with Crippen LogP contribution in [-0.2, 0) is 14.3 Å². The molecular formula is C13H25N3O3. The monoisotopic (exact) mass is 271 g/mol. The molecule has 0 saturated carbocycles. The lowest BCUT2D eigenvalue weighted by Gasteiger charge is -2.33. The molecule has 0 unspecified atom stereocenters. The maximum absolute atomic E-state index is 11.8. The van der Waals surface area contributed by atoms with E-state index in [9.17, 15) is 9.59 Å². The first-order valence-electron chi connectivity index (χ1n) is 6.90. The zero-order valence-electron chi connectivity index (χ0n) is 11.9. The predicted octanol–water partition coefficient (Wildman–Crippen LogP) is -0.275. The highest BCUT2D eigenvalue weighted by molar-refractivity contribution is 5.79. The Morgan fingerprint density at radius 1 is 1.37 bits per heavy atom. The summed E-state index contributed by atoms with van der Waals surface area (Å²) in [4.78, 5) is 25.2. The Morgan fingerprint density at radius 2 is 2.00 bits per heavy atom. The average molecular weight is 271 g/mol. The summed E-state index contributed by atoms with van der Waals surface area (Å²) >= 11 is 0. The van der Waals surface area contributed by atoms with E-state index in [-0.39, 0.29) is 30.4 Å². The number of piperidine rings is 1. The lowest BCUT2D eigenvalue weighted by molar-refractivity contribution is -0.135. The van der Waals surface area contributed by atoms with Crippen molar-refractivity contribution < 1.29 is 14.3 Å². The van der Waals surface area contributed by atoms with Gasteiger partial charge in [0.25, 0.3) is 0 Å². The van der Waals surface area contributed by atoms with Crippen LogP contribution < -0.4 is 11.1 Å². The van der Waals surface area contributed by atoms with Crippen molar-refractivity contribution in [3.05, 3.63) is 0 Å². The molecule has 1 saturated heterocycles. The Balaban J connectivity index is 2.23. The summed E-state index contributed by atoms with van der Waals surface area (Å²) in [5, 5.41) is 2.92. The third kappa shape index (κ3) is 5.57. The highest BCUT2D eigenvalue weighted by Crippen LogP contribution is 2.13. The van der Waals surface area contributed by atoms with Gasteiger partial charge in [-0.1, -0.05) is 13.8 Å². The molecule has 3 N–H and O–H groups in total. The molecule has 0 radical (unpaired) electrons. The summed E-state index contributed by atoms with van der Waals surface area (Å²) in [5.41, 5.74) is 5.27. The number of carbonyl (C=O) groups excluding carboxylic acids is 2. The van der Waals surface area contributed by atoms with Gasteiger partial charge in [-0.2, -0.15) is 0 Å². The van der Waals surface area contributed by atoms with Crippen LogP contribution in [0.25, 0.3) is 0 Å². The highest BCUT2D eigenvalue weighted by atomic mass is 16.5. The van der Waals surface area contributed by atoms with Crippen LogP contribution in [0.4, 0.5) is 0 Å². The molecule has 0 atom stereocenters. The molecular weight excluding hydrogens is 246 g/mol. The van der Waals surface area contributed by atoms with Crippen LogP contribution in [-0.4, -0.2) is 55.6 Å². The minimum atomic E-state index is -0.109. The summed E-state index contributed by atoms with van der Waals surface area (Å²) in [6, 6.07) is 0.144. The van der Waals surface area contributed by atoms with Crippen LogP contribution in [0.3, 0.4) is 0 Å². The Morgan fingerprint density at radius 3 is 2.53 bits per heavy atom. The first-order chi connectivity index (χ1) is 9.04. The van der Waals surface area contributed by atoms with Gasteiger partial charge in [-0.15, -0.1) is 0 Å². The number of amides is 2. The number of nitrogens with zero attached hydrogens (tertiary/aromatic N) is 1. The van der Waals surface area contributed by atoms with E-state index in [1.54, 1.807) is 0 Å². The molecule has 6 heteroatoms. The van der Waals surface area contributed by atoms with E-state index >= 15 is 0 Å². The van der Waals surface area contributed by atoms with E-state index in [1.165, 1.54) is 0 Å². The van der Waals surface area contributed by atoms with Gasteiger partial charge < -0.3 is 20.7 Å². The average Bonchev–Trinajstić information content (AvgIpc) is 2.39. The van der Waals surface area contributed by atoms with Gasteiger partial charge in [-0.25, -0.2) is 0 Å². The lowest BCUT2D eigenvalue weighted by atomic mass is 10.0. The van der Waals surface area contributed by atoms with Crippen molar-refractivity contribution >= 4 is 11.8 Å². The van der Waals surface area contributed by atoms with Gasteiger partial charge in [-0.3, -0.25) is 9.59 Å². The molecule has 6 nitrogen and oxygen atoms in total. The number of likely N-dealkylation sites (tertiary alicyclic amines) is 1. The Bertz CT molecular complexity index is 300. The summed E-state index contributed by atoms with van der Waals surface area (Å²) in [6.45, 7) is 6.12. The predicted molar refractivity (Wildman–Crippen MR) is 72.5 cm³/mol. The van der Waals surface area contributed by atoms with Gasteiger partial charge in [0.1, 0.15) is 6.61 Å². The van der Waals surface area contributed by atoms with Gasteiger partial charge in [0.15, 0.2) is 0 Å². The number of hydrogen-bond acceptors (Lipinski definition) is 4. The number of ether oxygens (including phenoxy) is 1. The molecule has 1 rings (SSSR count). The fraction of sp³-hybridized carbons (Fsp3) is 0.846. The van der Waals surface area contributed by atoms with Gasteiger partial charge in [-0.05, 0) is 12.8 Å². The van der Waals surface area contributed by atoms with Crippen LogP contribution >= 0.6 is 0 Å². The van der Waals surface area contributed by atoms with E-state index in [1.807, 2.05) is 18.7 Å². The van der Waals surface area contributed by atoms with Crippen molar-refractivity contribution in [3.8, 4) is 0 Å². The van der Waals surface area contributed by atoms with Crippen LogP contribution in [0.5, 0.6) is 0 Å². The number of rotatable bonds is 6. The normalized spacial score (nSPS) is 16.7. The standard InChI is InChI=1S/C13H25N3O3/c1-10(2)13(18)16-6-3-11(4-7-16)15-12(17)9-19-8-5-14/h10-11H,3-9,14H2,1-2H3,(H,15,17). The minimum absolute atomic E-state index is 0.0378. The van der Waals surface area contributed by atoms with Crippen molar-refractivity contribution in [2.45, 2.75) is 32.7 Å². The first-order valence-corrected chi connectivity index (χ1v) is 6.90. The highest BCUT2D eigenvalue weighted by Gasteiger charge is 2.24. The van der Waals surface area contributed by atoms with Crippen LogP contribution in [0.2, 0.25) is 0 Å². The third-order valence-corrected chi connectivity index (χ3v) is 3.16. The molecule has 0 spiro atoms. The largest absolute Gasteiger partial charge is 0.370 e. The molecule has 110 valence electrons. The maximum atomic E-state index is 11.8. The summed E-state index contributed by atoms with van der Waals surface area (Å²) in [6.07, 6.45) is 1.61. The topological polar surface area (TPSA) is 84.7 Å². The minimum Gasteiger partial charge on any atom is -0.370 e. The zero-order valence-corrected chi connectivity index (χ0v) is 11.9. The Labute approximate surface area is 114 Å². The summed E-state index contributed by atoms with van der Waals surface area (Å²) in [5.74, 6) is 0.119. The first kappa shape index (κ1) is 15.9. The summed E-state index contributed by atoms with van der Waals surface area (Å²) < 4.78 is 5.08. The SMILES string of the molecule is CC(C)C(=O)N1CCC(NC(=O)COCCN)CC1. The second kappa shape index (κ2) is 8.12. The van der Waals surface area contributed by atoms with Gasteiger partial charge >= 0.3 is 0 Å². The quantitative estimate of drug-likeness (QED) is 0.651. The van der Waals surface area contributed by atoms with Gasteiger partial charge in [0.05, 0.1) is 6.61 Å². The number of nitrogens with one attached hydrogen (secondary N) is 1. The molecule has 2 amide bonds. The lowest BCUT2D eigenvalue weighted by Crippen LogP contribution is -2.48. The van der Waals surface area contributed by atoms with Crippen LogP contribution in [0.15, 0.2) is 0 Å². The second-order valence-electron chi connectivity index (χ2n) is 5.16. The molecule has 0 aromatic heterocycles. The molecule has 1 fully saturated rings. The molecule has 0 aromatic carbocycles. The van der Waals surface area contributed by atoms with Crippen molar-refractivity contribution in [2.75, 3.05) is 32.8 Å². The van der Waals surface area contributed by atoms with E-state index in [4.69, 9.17) is 10.5 Å². The molecule has 1 aliphatic heterocycles.